The SMILES string of the molecule is CC(C)c1ccc2sc3cc(F)ccc3c(=O)c2c1. The standard InChI is InChI=1S/C16H13FOS/c1-9(2)10-3-6-14-13(7-10)16(18)12-5-4-11(17)8-15(12)19-14/h3-9H,1-2H3. The Morgan fingerprint density at radius 3 is 2.53 bits per heavy atom. The largest absolute Gasteiger partial charge is 0.289 e. The van der Waals surface area contributed by atoms with Crippen molar-refractivity contribution in [2.75, 3.05) is 0 Å². The molecule has 0 aliphatic carbocycles. The summed E-state index contributed by atoms with van der Waals surface area (Å²) in [6.45, 7) is 4.21. The molecular formula is C16H13FOS. The molecular weight excluding hydrogens is 259 g/mol. The fourth-order valence-corrected chi connectivity index (χ4v) is 3.28. The van der Waals surface area contributed by atoms with Crippen LogP contribution in [0.5, 0.6) is 0 Å². The van der Waals surface area contributed by atoms with Crippen LogP contribution in [0, 0.1) is 5.82 Å². The highest BCUT2D eigenvalue weighted by molar-refractivity contribution is 7.24. The summed E-state index contributed by atoms with van der Waals surface area (Å²) in [4.78, 5) is 12.5. The quantitative estimate of drug-likeness (QED) is 0.588. The zero-order valence-corrected chi connectivity index (χ0v) is 11.6. The van der Waals surface area contributed by atoms with E-state index in [0.717, 1.165) is 15.6 Å². The molecule has 0 aliphatic rings. The minimum Gasteiger partial charge on any atom is -0.289 e. The minimum atomic E-state index is -0.304. The maximum atomic E-state index is 13.2. The van der Waals surface area contributed by atoms with E-state index in [1.807, 2.05) is 18.2 Å². The Morgan fingerprint density at radius 1 is 1.00 bits per heavy atom. The van der Waals surface area contributed by atoms with Gasteiger partial charge in [0.1, 0.15) is 5.82 Å². The van der Waals surface area contributed by atoms with Crippen molar-refractivity contribution in [2.45, 2.75) is 19.8 Å². The van der Waals surface area contributed by atoms with Gasteiger partial charge in [-0.05, 0) is 41.8 Å². The van der Waals surface area contributed by atoms with Gasteiger partial charge in [-0.1, -0.05) is 19.9 Å². The Hall–Kier alpha value is -1.74. The molecule has 0 atom stereocenters. The minimum absolute atomic E-state index is 0.00810. The van der Waals surface area contributed by atoms with Gasteiger partial charge in [0.25, 0.3) is 0 Å². The van der Waals surface area contributed by atoms with Gasteiger partial charge < -0.3 is 0 Å². The monoisotopic (exact) mass is 272 g/mol. The molecule has 1 heterocycles. The van der Waals surface area contributed by atoms with Gasteiger partial charge in [-0.2, -0.15) is 0 Å². The zero-order chi connectivity index (χ0) is 13.6. The van der Waals surface area contributed by atoms with Gasteiger partial charge in [-0.3, -0.25) is 4.79 Å². The first-order chi connectivity index (χ1) is 9.06. The molecule has 96 valence electrons. The molecule has 0 saturated carbocycles. The Kier molecular flexibility index (Phi) is 2.86. The highest BCUT2D eigenvalue weighted by atomic mass is 32.1. The lowest BCUT2D eigenvalue weighted by Gasteiger charge is -2.07. The first kappa shape index (κ1) is 12.3. The van der Waals surface area contributed by atoms with E-state index in [9.17, 15) is 9.18 Å². The van der Waals surface area contributed by atoms with E-state index < -0.39 is 0 Å². The lowest BCUT2D eigenvalue weighted by atomic mass is 10.0. The van der Waals surface area contributed by atoms with E-state index in [0.29, 0.717) is 16.0 Å². The molecule has 3 aromatic rings. The lowest BCUT2D eigenvalue weighted by molar-refractivity contribution is 0.630. The topological polar surface area (TPSA) is 17.1 Å². The molecule has 0 amide bonds. The summed E-state index contributed by atoms with van der Waals surface area (Å²) in [5.74, 6) is 0.0824. The normalized spacial score (nSPS) is 11.6. The fraction of sp³-hybridized carbons (Fsp3) is 0.188. The first-order valence-corrected chi connectivity index (χ1v) is 7.04. The Bertz CT molecular complexity index is 833. The predicted molar refractivity (Wildman–Crippen MR) is 79.6 cm³/mol. The number of hydrogen-bond donors (Lipinski definition) is 0. The van der Waals surface area contributed by atoms with Gasteiger partial charge in [0.2, 0.25) is 0 Å². The van der Waals surface area contributed by atoms with Crippen LogP contribution in [0.3, 0.4) is 0 Å². The van der Waals surface area contributed by atoms with Gasteiger partial charge in [0, 0.05) is 20.2 Å². The number of benzene rings is 2. The second-order valence-electron chi connectivity index (χ2n) is 4.98. The number of fused-ring (bicyclic) bond motifs is 2. The molecule has 3 rings (SSSR count). The van der Waals surface area contributed by atoms with Crippen molar-refractivity contribution in [3.8, 4) is 0 Å². The molecule has 0 bridgehead atoms. The summed E-state index contributed by atoms with van der Waals surface area (Å²) in [5, 5.41) is 1.33. The van der Waals surface area contributed by atoms with Crippen molar-refractivity contribution in [1.29, 1.82) is 0 Å². The molecule has 1 nitrogen and oxygen atoms in total. The molecule has 0 fully saturated rings. The molecule has 0 saturated heterocycles. The van der Waals surface area contributed by atoms with Crippen molar-refractivity contribution < 1.29 is 4.39 Å². The van der Waals surface area contributed by atoms with Crippen LogP contribution in [0.2, 0.25) is 0 Å². The Balaban J connectivity index is 2.44. The summed E-state index contributed by atoms with van der Waals surface area (Å²) in [7, 11) is 0. The maximum Gasteiger partial charge on any atom is 0.195 e. The van der Waals surface area contributed by atoms with E-state index in [1.165, 1.54) is 23.5 Å². The van der Waals surface area contributed by atoms with E-state index in [4.69, 9.17) is 0 Å². The molecule has 3 heteroatoms. The van der Waals surface area contributed by atoms with Gasteiger partial charge in [-0.15, -0.1) is 11.3 Å². The van der Waals surface area contributed by atoms with E-state index in [2.05, 4.69) is 13.8 Å². The fourth-order valence-electron chi connectivity index (χ4n) is 2.20. The number of halogens is 1. The molecule has 1 aromatic heterocycles. The second-order valence-corrected chi connectivity index (χ2v) is 6.07. The van der Waals surface area contributed by atoms with Gasteiger partial charge in [-0.25, -0.2) is 4.39 Å². The van der Waals surface area contributed by atoms with Crippen molar-refractivity contribution in [1.82, 2.24) is 0 Å². The summed E-state index contributed by atoms with van der Waals surface area (Å²) in [5.41, 5.74) is 1.14. The van der Waals surface area contributed by atoms with Crippen molar-refractivity contribution in [3.05, 3.63) is 58.0 Å². The molecule has 0 spiro atoms. The van der Waals surface area contributed by atoms with Crippen LogP contribution < -0.4 is 5.43 Å². The van der Waals surface area contributed by atoms with Crippen LogP contribution in [0.25, 0.3) is 20.2 Å². The number of hydrogen-bond acceptors (Lipinski definition) is 2. The third-order valence-electron chi connectivity index (χ3n) is 3.32. The zero-order valence-electron chi connectivity index (χ0n) is 10.7. The van der Waals surface area contributed by atoms with Crippen molar-refractivity contribution >= 4 is 31.5 Å². The predicted octanol–water partition coefficient (Wildman–Crippen LogP) is 4.68. The van der Waals surface area contributed by atoms with Gasteiger partial charge in [0.15, 0.2) is 5.43 Å². The molecule has 19 heavy (non-hydrogen) atoms. The Labute approximate surface area is 114 Å². The second kappa shape index (κ2) is 4.42. The molecule has 0 N–H and O–H groups in total. The smallest absolute Gasteiger partial charge is 0.195 e. The number of rotatable bonds is 1. The Morgan fingerprint density at radius 2 is 1.79 bits per heavy atom. The van der Waals surface area contributed by atoms with Crippen LogP contribution in [0.1, 0.15) is 25.3 Å². The average molecular weight is 272 g/mol. The van der Waals surface area contributed by atoms with Gasteiger partial charge in [0.05, 0.1) is 0 Å². The average Bonchev–Trinajstić information content (AvgIpc) is 2.38. The van der Waals surface area contributed by atoms with E-state index >= 15 is 0 Å². The maximum absolute atomic E-state index is 13.2. The highest BCUT2D eigenvalue weighted by Crippen LogP contribution is 2.27. The molecule has 0 unspecified atom stereocenters. The first-order valence-electron chi connectivity index (χ1n) is 6.22. The summed E-state index contributed by atoms with van der Waals surface area (Å²) in [6, 6.07) is 10.3. The molecule has 0 aliphatic heterocycles. The van der Waals surface area contributed by atoms with Crippen LogP contribution >= 0.6 is 11.3 Å². The third-order valence-corrected chi connectivity index (χ3v) is 4.46. The molecule has 0 radical (unpaired) electrons. The molecule has 2 aromatic carbocycles. The summed E-state index contributed by atoms with van der Waals surface area (Å²) in [6.07, 6.45) is 0. The van der Waals surface area contributed by atoms with Gasteiger partial charge >= 0.3 is 0 Å². The van der Waals surface area contributed by atoms with Crippen molar-refractivity contribution in [2.24, 2.45) is 0 Å². The highest BCUT2D eigenvalue weighted by Gasteiger charge is 2.08. The van der Waals surface area contributed by atoms with Crippen molar-refractivity contribution in [3.63, 3.8) is 0 Å². The lowest BCUT2D eigenvalue weighted by Crippen LogP contribution is -2.02. The summed E-state index contributed by atoms with van der Waals surface area (Å²) >= 11 is 1.46. The van der Waals surface area contributed by atoms with Crippen LogP contribution in [0.4, 0.5) is 4.39 Å². The van der Waals surface area contributed by atoms with Crippen LogP contribution in [-0.2, 0) is 0 Å². The van der Waals surface area contributed by atoms with Crippen LogP contribution in [-0.4, -0.2) is 0 Å². The van der Waals surface area contributed by atoms with Crippen LogP contribution in [0.15, 0.2) is 41.2 Å². The summed E-state index contributed by atoms with van der Waals surface area (Å²) < 4.78 is 14.9. The van der Waals surface area contributed by atoms with E-state index in [1.54, 1.807) is 6.07 Å². The van der Waals surface area contributed by atoms with E-state index in [-0.39, 0.29) is 11.2 Å². The third kappa shape index (κ3) is 2.04.